The van der Waals surface area contributed by atoms with Crippen molar-refractivity contribution in [1.29, 1.82) is 0 Å². The molecule has 1 saturated heterocycles. The second kappa shape index (κ2) is 5.50. The van der Waals surface area contributed by atoms with Gasteiger partial charge in [-0.2, -0.15) is 4.98 Å². The van der Waals surface area contributed by atoms with E-state index in [1.807, 2.05) is 6.92 Å². The number of aromatic hydroxyl groups is 1. The smallest absolute Gasteiger partial charge is 0.262 e. The van der Waals surface area contributed by atoms with Crippen LogP contribution in [0.4, 0.5) is 0 Å². The van der Waals surface area contributed by atoms with E-state index in [1.54, 1.807) is 24.3 Å². The first kappa shape index (κ1) is 14.1. The molecule has 0 saturated carbocycles. The summed E-state index contributed by atoms with van der Waals surface area (Å²) >= 11 is 5.82. The predicted octanol–water partition coefficient (Wildman–Crippen LogP) is 3.04. The van der Waals surface area contributed by atoms with Crippen LogP contribution in [0.2, 0.25) is 5.02 Å². The molecule has 2 N–H and O–H groups in total. The van der Waals surface area contributed by atoms with Crippen molar-refractivity contribution in [3.63, 3.8) is 0 Å². The topological polar surface area (TPSA) is 75.2 Å². The Bertz CT molecular complexity index is 712. The molecule has 5 nitrogen and oxygen atoms in total. The van der Waals surface area contributed by atoms with Gasteiger partial charge in [0, 0.05) is 5.02 Å². The third-order valence-corrected chi connectivity index (χ3v) is 3.84. The van der Waals surface area contributed by atoms with Gasteiger partial charge in [0.05, 0.1) is 6.10 Å². The summed E-state index contributed by atoms with van der Waals surface area (Å²) in [5.41, 5.74) is 0.322. The molecule has 0 amide bonds. The van der Waals surface area contributed by atoms with Crippen LogP contribution in [-0.2, 0) is 4.74 Å². The lowest BCUT2D eigenvalue weighted by Crippen LogP contribution is -2.16. The van der Waals surface area contributed by atoms with Gasteiger partial charge < -0.3 is 14.8 Å². The van der Waals surface area contributed by atoms with E-state index >= 15 is 0 Å². The Hall–Kier alpha value is -1.85. The van der Waals surface area contributed by atoms with Gasteiger partial charge in [0.15, 0.2) is 0 Å². The monoisotopic (exact) mass is 306 g/mol. The number of benzene rings is 1. The highest BCUT2D eigenvalue weighted by Crippen LogP contribution is 2.32. The normalized spacial score (nSPS) is 21.6. The zero-order valence-electron chi connectivity index (χ0n) is 11.5. The highest BCUT2D eigenvalue weighted by Gasteiger charge is 2.26. The Balaban J connectivity index is 2.00. The first-order valence-electron chi connectivity index (χ1n) is 6.79. The van der Waals surface area contributed by atoms with Crippen LogP contribution in [0.15, 0.2) is 29.1 Å². The SMILES string of the molecule is CC1CCC(c2nc(O)c(-c3ccc(Cl)cc3)c(=O)[nH]2)O1. The van der Waals surface area contributed by atoms with E-state index in [4.69, 9.17) is 16.3 Å². The minimum Gasteiger partial charge on any atom is -0.493 e. The number of nitrogens with zero attached hydrogens (tertiary/aromatic N) is 1. The maximum atomic E-state index is 12.2. The molecule has 0 radical (unpaired) electrons. The zero-order chi connectivity index (χ0) is 15.0. The van der Waals surface area contributed by atoms with E-state index in [9.17, 15) is 9.90 Å². The van der Waals surface area contributed by atoms with E-state index in [1.165, 1.54) is 0 Å². The molecule has 1 aromatic carbocycles. The summed E-state index contributed by atoms with van der Waals surface area (Å²) in [6.07, 6.45) is 1.56. The fourth-order valence-electron chi connectivity index (χ4n) is 2.51. The first-order chi connectivity index (χ1) is 10.0. The number of aromatic amines is 1. The van der Waals surface area contributed by atoms with E-state index < -0.39 is 0 Å². The number of rotatable bonds is 2. The third kappa shape index (κ3) is 2.80. The number of ether oxygens (including phenoxy) is 1. The van der Waals surface area contributed by atoms with Crippen molar-refractivity contribution in [1.82, 2.24) is 9.97 Å². The molecule has 2 atom stereocenters. The molecule has 0 bridgehead atoms. The molecule has 2 aromatic rings. The van der Waals surface area contributed by atoms with E-state index in [2.05, 4.69) is 9.97 Å². The van der Waals surface area contributed by atoms with Crippen molar-refractivity contribution in [2.75, 3.05) is 0 Å². The Kier molecular flexibility index (Phi) is 3.69. The molecular formula is C15H15ClN2O3. The lowest BCUT2D eigenvalue weighted by molar-refractivity contribution is 0.0498. The van der Waals surface area contributed by atoms with Gasteiger partial charge in [-0.05, 0) is 37.5 Å². The number of hydrogen-bond donors (Lipinski definition) is 2. The van der Waals surface area contributed by atoms with Crippen molar-refractivity contribution in [3.05, 3.63) is 45.5 Å². The number of aromatic nitrogens is 2. The van der Waals surface area contributed by atoms with Crippen LogP contribution >= 0.6 is 11.6 Å². The largest absolute Gasteiger partial charge is 0.493 e. The number of nitrogens with one attached hydrogen (secondary N) is 1. The number of H-pyrrole nitrogens is 1. The molecule has 1 aliphatic rings. The summed E-state index contributed by atoms with van der Waals surface area (Å²) in [5, 5.41) is 10.7. The Morgan fingerprint density at radius 3 is 2.62 bits per heavy atom. The maximum Gasteiger partial charge on any atom is 0.262 e. The second-order valence-electron chi connectivity index (χ2n) is 5.17. The standard InChI is InChI=1S/C15H15ClN2O3/c1-8-2-7-11(21-8)13-17-14(19)12(15(20)18-13)9-3-5-10(16)6-4-9/h3-6,8,11H,2,7H2,1H3,(H2,17,18,19,20). The van der Waals surface area contributed by atoms with Crippen molar-refractivity contribution in [2.24, 2.45) is 0 Å². The Labute approximate surface area is 126 Å². The Morgan fingerprint density at radius 2 is 2.05 bits per heavy atom. The molecule has 3 rings (SSSR count). The minimum atomic E-state index is -0.386. The van der Waals surface area contributed by atoms with Gasteiger partial charge in [0.1, 0.15) is 17.5 Å². The Morgan fingerprint density at radius 1 is 1.33 bits per heavy atom. The molecule has 6 heteroatoms. The molecule has 2 heterocycles. The van der Waals surface area contributed by atoms with Gasteiger partial charge >= 0.3 is 0 Å². The van der Waals surface area contributed by atoms with Gasteiger partial charge in [-0.3, -0.25) is 4.79 Å². The lowest BCUT2D eigenvalue weighted by Gasteiger charge is -2.12. The van der Waals surface area contributed by atoms with Crippen LogP contribution in [0.1, 0.15) is 31.7 Å². The molecule has 1 aromatic heterocycles. The molecule has 0 spiro atoms. The summed E-state index contributed by atoms with van der Waals surface area (Å²) in [7, 11) is 0. The van der Waals surface area contributed by atoms with Gasteiger partial charge in [-0.1, -0.05) is 23.7 Å². The molecule has 1 aliphatic heterocycles. The number of hydrogen-bond acceptors (Lipinski definition) is 4. The van der Waals surface area contributed by atoms with Crippen LogP contribution in [0.5, 0.6) is 5.88 Å². The fourth-order valence-corrected chi connectivity index (χ4v) is 2.64. The molecular weight excluding hydrogens is 292 g/mol. The predicted molar refractivity (Wildman–Crippen MR) is 79.5 cm³/mol. The summed E-state index contributed by atoms with van der Waals surface area (Å²) in [6.45, 7) is 1.97. The third-order valence-electron chi connectivity index (χ3n) is 3.59. The molecule has 21 heavy (non-hydrogen) atoms. The lowest BCUT2D eigenvalue weighted by atomic mass is 10.1. The quantitative estimate of drug-likeness (QED) is 0.894. The van der Waals surface area contributed by atoms with E-state index in [0.717, 1.165) is 12.8 Å². The fraction of sp³-hybridized carbons (Fsp3) is 0.333. The van der Waals surface area contributed by atoms with Gasteiger partial charge in [-0.25, -0.2) is 0 Å². The highest BCUT2D eigenvalue weighted by molar-refractivity contribution is 6.30. The van der Waals surface area contributed by atoms with Crippen molar-refractivity contribution < 1.29 is 9.84 Å². The van der Waals surface area contributed by atoms with Gasteiger partial charge in [0.2, 0.25) is 5.88 Å². The van der Waals surface area contributed by atoms with Gasteiger partial charge in [0.25, 0.3) is 5.56 Å². The summed E-state index contributed by atoms with van der Waals surface area (Å²) in [5.74, 6) is 0.0822. The first-order valence-corrected chi connectivity index (χ1v) is 7.17. The summed E-state index contributed by atoms with van der Waals surface area (Å²) in [4.78, 5) is 19.0. The van der Waals surface area contributed by atoms with Crippen LogP contribution in [0.3, 0.4) is 0 Å². The molecule has 2 unspecified atom stereocenters. The zero-order valence-corrected chi connectivity index (χ0v) is 12.2. The molecule has 0 aliphatic carbocycles. The van der Waals surface area contributed by atoms with Crippen molar-refractivity contribution in [3.8, 4) is 17.0 Å². The van der Waals surface area contributed by atoms with Crippen molar-refractivity contribution in [2.45, 2.75) is 32.0 Å². The second-order valence-corrected chi connectivity index (χ2v) is 5.61. The highest BCUT2D eigenvalue weighted by atomic mass is 35.5. The summed E-state index contributed by atoms with van der Waals surface area (Å²) in [6, 6.07) is 6.65. The average molecular weight is 307 g/mol. The molecule has 1 fully saturated rings. The minimum absolute atomic E-state index is 0.137. The summed E-state index contributed by atoms with van der Waals surface area (Å²) < 4.78 is 5.66. The number of halogens is 1. The van der Waals surface area contributed by atoms with Crippen LogP contribution in [0, 0.1) is 0 Å². The van der Waals surface area contributed by atoms with Crippen molar-refractivity contribution >= 4 is 11.6 Å². The van der Waals surface area contributed by atoms with Crippen LogP contribution in [-0.4, -0.2) is 21.2 Å². The average Bonchev–Trinajstić information content (AvgIpc) is 2.87. The molecule has 110 valence electrons. The van der Waals surface area contributed by atoms with E-state index in [0.29, 0.717) is 16.4 Å². The van der Waals surface area contributed by atoms with Crippen LogP contribution in [0.25, 0.3) is 11.1 Å². The van der Waals surface area contributed by atoms with E-state index in [-0.39, 0.29) is 29.2 Å². The maximum absolute atomic E-state index is 12.2. The van der Waals surface area contributed by atoms with Crippen LogP contribution < -0.4 is 5.56 Å². The van der Waals surface area contributed by atoms with Gasteiger partial charge in [-0.15, -0.1) is 0 Å².